The lowest BCUT2D eigenvalue weighted by Crippen LogP contribution is -2.35. The Balaban J connectivity index is 1.77. The van der Waals surface area contributed by atoms with Crippen molar-refractivity contribution < 1.29 is 23.9 Å². The quantitative estimate of drug-likeness (QED) is 0.600. The van der Waals surface area contributed by atoms with Crippen LogP contribution in [0, 0.1) is 0 Å². The van der Waals surface area contributed by atoms with E-state index in [2.05, 4.69) is 10.6 Å². The van der Waals surface area contributed by atoms with Gasteiger partial charge in [-0.2, -0.15) is 0 Å². The Kier molecular flexibility index (Phi) is 8.69. The second-order valence-corrected chi connectivity index (χ2v) is 6.39. The van der Waals surface area contributed by atoms with Crippen LogP contribution in [0.2, 0.25) is 0 Å². The van der Waals surface area contributed by atoms with Gasteiger partial charge in [0.2, 0.25) is 0 Å². The number of amides is 2. The van der Waals surface area contributed by atoms with E-state index in [0.29, 0.717) is 11.3 Å². The molecule has 154 valence electrons. The standard InChI is InChI=1S/C22H26N2O5/c1-3-8-19(16-9-5-4-6-10-16)24-20(25)15-29-21(26)14-23-22(27)17-11-7-12-18(13-17)28-2/h4-7,9-13,19H,3,8,14-15H2,1-2H3,(H,23,27)(H,24,25). The van der Waals surface area contributed by atoms with E-state index >= 15 is 0 Å². The second kappa shape index (κ2) is 11.5. The molecule has 29 heavy (non-hydrogen) atoms. The van der Waals surface area contributed by atoms with Gasteiger partial charge in [-0.05, 0) is 30.2 Å². The fraction of sp³-hybridized carbons (Fsp3) is 0.318. The fourth-order valence-electron chi connectivity index (χ4n) is 2.75. The molecule has 2 aromatic carbocycles. The van der Waals surface area contributed by atoms with Crippen LogP contribution in [-0.4, -0.2) is 38.0 Å². The SMILES string of the molecule is CCCC(NC(=O)COC(=O)CNC(=O)c1cccc(OC)c1)c1ccccc1. The topological polar surface area (TPSA) is 93.7 Å². The molecule has 0 aliphatic rings. The van der Waals surface area contributed by atoms with Crippen molar-refractivity contribution in [2.75, 3.05) is 20.3 Å². The lowest BCUT2D eigenvalue weighted by molar-refractivity contribution is -0.147. The van der Waals surface area contributed by atoms with Crippen LogP contribution < -0.4 is 15.4 Å². The third kappa shape index (κ3) is 7.29. The molecule has 0 fully saturated rings. The Labute approximate surface area is 170 Å². The number of hydrogen-bond donors (Lipinski definition) is 2. The van der Waals surface area contributed by atoms with E-state index in [1.54, 1.807) is 24.3 Å². The van der Waals surface area contributed by atoms with Crippen LogP contribution in [-0.2, 0) is 14.3 Å². The Hall–Kier alpha value is -3.35. The number of hydrogen-bond acceptors (Lipinski definition) is 5. The molecule has 7 heteroatoms. The first-order valence-corrected chi connectivity index (χ1v) is 9.45. The molecule has 0 spiro atoms. The van der Waals surface area contributed by atoms with E-state index in [4.69, 9.17) is 9.47 Å². The van der Waals surface area contributed by atoms with E-state index < -0.39 is 18.5 Å². The largest absolute Gasteiger partial charge is 0.497 e. The zero-order valence-electron chi connectivity index (χ0n) is 16.6. The van der Waals surface area contributed by atoms with Gasteiger partial charge in [0, 0.05) is 5.56 Å². The summed E-state index contributed by atoms with van der Waals surface area (Å²) < 4.78 is 10.0. The molecule has 0 saturated heterocycles. The molecule has 2 rings (SSSR count). The highest BCUT2D eigenvalue weighted by Gasteiger charge is 2.15. The average molecular weight is 398 g/mol. The molecule has 2 aromatic rings. The average Bonchev–Trinajstić information content (AvgIpc) is 2.76. The molecule has 7 nitrogen and oxygen atoms in total. The van der Waals surface area contributed by atoms with E-state index in [-0.39, 0.29) is 18.5 Å². The summed E-state index contributed by atoms with van der Waals surface area (Å²) in [5.74, 6) is -0.975. The predicted octanol–water partition coefficient (Wildman–Crippen LogP) is 2.63. The van der Waals surface area contributed by atoms with Gasteiger partial charge in [-0.1, -0.05) is 49.7 Å². The van der Waals surface area contributed by atoms with Crippen LogP contribution in [0.4, 0.5) is 0 Å². The van der Waals surface area contributed by atoms with Gasteiger partial charge < -0.3 is 20.1 Å². The van der Waals surface area contributed by atoms with Crippen molar-refractivity contribution in [2.45, 2.75) is 25.8 Å². The van der Waals surface area contributed by atoms with Gasteiger partial charge in [-0.15, -0.1) is 0 Å². The maximum absolute atomic E-state index is 12.1. The van der Waals surface area contributed by atoms with Gasteiger partial charge in [0.15, 0.2) is 6.61 Å². The molecule has 2 N–H and O–H groups in total. The molecule has 0 aliphatic carbocycles. The third-order valence-electron chi connectivity index (χ3n) is 4.20. The molecular formula is C22H26N2O5. The Bertz CT molecular complexity index is 823. The summed E-state index contributed by atoms with van der Waals surface area (Å²) in [5.41, 5.74) is 1.36. The minimum Gasteiger partial charge on any atom is -0.497 e. The zero-order valence-corrected chi connectivity index (χ0v) is 16.6. The van der Waals surface area contributed by atoms with Gasteiger partial charge in [-0.3, -0.25) is 14.4 Å². The molecule has 0 aromatic heterocycles. The summed E-state index contributed by atoms with van der Waals surface area (Å²) in [6.07, 6.45) is 1.68. The Morgan fingerprint density at radius 3 is 2.48 bits per heavy atom. The summed E-state index contributed by atoms with van der Waals surface area (Å²) >= 11 is 0. The van der Waals surface area contributed by atoms with Crippen LogP contribution in [0.5, 0.6) is 5.75 Å². The van der Waals surface area contributed by atoms with Crippen molar-refractivity contribution in [1.29, 1.82) is 0 Å². The highest BCUT2D eigenvalue weighted by Crippen LogP contribution is 2.17. The molecule has 1 atom stereocenters. The Morgan fingerprint density at radius 2 is 1.79 bits per heavy atom. The maximum atomic E-state index is 12.1. The van der Waals surface area contributed by atoms with Crippen LogP contribution >= 0.6 is 0 Å². The smallest absolute Gasteiger partial charge is 0.325 e. The van der Waals surface area contributed by atoms with Crippen molar-refractivity contribution in [1.82, 2.24) is 10.6 Å². The van der Waals surface area contributed by atoms with E-state index in [9.17, 15) is 14.4 Å². The lowest BCUT2D eigenvalue weighted by atomic mass is 10.0. The first-order chi connectivity index (χ1) is 14.0. The predicted molar refractivity (Wildman–Crippen MR) is 109 cm³/mol. The van der Waals surface area contributed by atoms with Gasteiger partial charge in [0.1, 0.15) is 12.3 Å². The van der Waals surface area contributed by atoms with Crippen molar-refractivity contribution in [3.05, 3.63) is 65.7 Å². The molecule has 0 radical (unpaired) electrons. The first kappa shape index (κ1) is 21.9. The molecule has 0 bridgehead atoms. The third-order valence-corrected chi connectivity index (χ3v) is 4.20. The molecule has 0 aliphatic heterocycles. The first-order valence-electron chi connectivity index (χ1n) is 9.45. The number of benzene rings is 2. The zero-order chi connectivity index (χ0) is 21.1. The lowest BCUT2D eigenvalue weighted by Gasteiger charge is -2.18. The van der Waals surface area contributed by atoms with Gasteiger partial charge in [-0.25, -0.2) is 0 Å². The minimum absolute atomic E-state index is 0.139. The molecule has 0 saturated carbocycles. The van der Waals surface area contributed by atoms with Crippen LogP contribution in [0.1, 0.15) is 41.7 Å². The van der Waals surface area contributed by atoms with E-state index in [1.807, 2.05) is 37.3 Å². The van der Waals surface area contributed by atoms with Crippen LogP contribution in [0.25, 0.3) is 0 Å². The van der Waals surface area contributed by atoms with E-state index in [0.717, 1.165) is 18.4 Å². The fourth-order valence-corrected chi connectivity index (χ4v) is 2.75. The molecule has 0 heterocycles. The monoisotopic (exact) mass is 398 g/mol. The summed E-state index contributed by atoms with van der Waals surface area (Å²) in [4.78, 5) is 36.1. The van der Waals surface area contributed by atoms with Crippen molar-refractivity contribution in [3.8, 4) is 5.75 Å². The summed E-state index contributed by atoms with van der Waals surface area (Å²) in [6.45, 7) is 1.30. The molecule has 2 amide bonds. The number of ether oxygens (including phenoxy) is 2. The summed E-state index contributed by atoms with van der Waals surface area (Å²) in [7, 11) is 1.50. The number of rotatable bonds is 10. The number of nitrogens with one attached hydrogen (secondary N) is 2. The van der Waals surface area contributed by atoms with Gasteiger partial charge in [0.25, 0.3) is 11.8 Å². The van der Waals surface area contributed by atoms with Crippen LogP contribution in [0.15, 0.2) is 54.6 Å². The molecular weight excluding hydrogens is 372 g/mol. The van der Waals surface area contributed by atoms with Crippen molar-refractivity contribution >= 4 is 17.8 Å². The normalized spacial score (nSPS) is 11.2. The number of methoxy groups -OCH3 is 1. The van der Waals surface area contributed by atoms with Gasteiger partial charge in [0.05, 0.1) is 13.2 Å². The molecule has 1 unspecified atom stereocenters. The van der Waals surface area contributed by atoms with Crippen molar-refractivity contribution in [3.63, 3.8) is 0 Å². The maximum Gasteiger partial charge on any atom is 0.325 e. The highest BCUT2D eigenvalue weighted by molar-refractivity contribution is 5.96. The Morgan fingerprint density at radius 1 is 1.03 bits per heavy atom. The summed E-state index contributed by atoms with van der Waals surface area (Å²) in [5, 5.41) is 5.34. The summed E-state index contributed by atoms with van der Waals surface area (Å²) in [6, 6.07) is 16.0. The number of carbonyl (C=O) groups is 3. The van der Waals surface area contributed by atoms with Gasteiger partial charge >= 0.3 is 5.97 Å². The second-order valence-electron chi connectivity index (χ2n) is 6.39. The van der Waals surface area contributed by atoms with Crippen LogP contribution in [0.3, 0.4) is 0 Å². The number of esters is 1. The minimum atomic E-state index is -0.692. The van der Waals surface area contributed by atoms with E-state index in [1.165, 1.54) is 7.11 Å². The highest BCUT2D eigenvalue weighted by atomic mass is 16.5. The number of carbonyl (C=O) groups excluding carboxylic acids is 3. The van der Waals surface area contributed by atoms with Crippen molar-refractivity contribution in [2.24, 2.45) is 0 Å².